The molecule has 2 aromatic rings. The Hall–Kier alpha value is -2.49. The van der Waals surface area contributed by atoms with Crippen molar-refractivity contribution in [3.8, 4) is 5.75 Å². The lowest BCUT2D eigenvalue weighted by Gasteiger charge is -2.25. The summed E-state index contributed by atoms with van der Waals surface area (Å²) >= 11 is 8.85. The number of carbonyl (C=O) groups excluding carboxylic acids is 2. The Morgan fingerprint density at radius 1 is 1.13 bits per heavy atom. The molecule has 9 heteroatoms. The van der Waals surface area contributed by atoms with Crippen molar-refractivity contribution in [3.63, 3.8) is 0 Å². The number of nitrogens with two attached hydrogens (primary N) is 1. The van der Waals surface area contributed by atoms with Gasteiger partial charge in [-0.1, -0.05) is 46.3 Å². The SMILES string of the molecule is COCCOc1ccc(Br)cc1C(=O)NC(=S)N(CCC(N)=O)CCc1ccccc1. The summed E-state index contributed by atoms with van der Waals surface area (Å²) in [7, 11) is 1.58. The normalized spacial score (nSPS) is 10.4. The van der Waals surface area contributed by atoms with Crippen LogP contribution < -0.4 is 15.8 Å². The minimum Gasteiger partial charge on any atom is -0.490 e. The number of hydrogen-bond donors (Lipinski definition) is 2. The van der Waals surface area contributed by atoms with Gasteiger partial charge in [0.15, 0.2) is 5.11 Å². The van der Waals surface area contributed by atoms with Crippen molar-refractivity contribution in [1.82, 2.24) is 10.2 Å². The zero-order valence-electron chi connectivity index (χ0n) is 17.3. The lowest BCUT2D eigenvalue weighted by molar-refractivity contribution is -0.118. The highest BCUT2D eigenvalue weighted by Crippen LogP contribution is 2.23. The first-order valence-corrected chi connectivity index (χ1v) is 10.9. The number of primary amides is 1. The van der Waals surface area contributed by atoms with Crippen LogP contribution in [-0.2, 0) is 16.0 Å². The van der Waals surface area contributed by atoms with Gasteiger partial charge in [-0.25, -0.2) is 0 Å². The molecular weight excluding hydrogens is 482 g/mol. The van der Waals surface area contributed by atoms with Crippen molar-refractivity contribution < 1.29 is 19.1 Å². The van der Waals surface area contributed by atoms with E-state index in [-0.39, 0.29) is 11.5 Å². The Bertz CT molecular complexity index is 896. The van der Waals surface area contributed by atoms with E-state index in [2.05, 4.69) is 21.2 Å². The van der Waals surface area contributed by atoms with Crippen LogP contribution in [-0.4, -0.2) is 55.2 Å². The molecule has 0 saturated heterocycles. The summed E-state index contributed by atoms with van der Waals surface area (Å²) in [6, 6.07) is 15.1. The second-order valence-electron chi connectivity index (χ2n) is 6.68. The van der Waals surface area contributed by atoms with E-state index in [9.17, 15) is 9.59 Å². The quantitative estimate of drug-likeness (QED) is 0.358. The number of carbonyl (C=O) groups is 2. The Morgan fingerprint density at radius 2 is 1.87 bits per heavy atom. The van der Waals surface area contributed by atoms with Crippen LogP contribution >= 0.6 is 28.1 Å². The molecule has 0 aliphatic heterocycles. The van der Waals surface area contributed by atoms with Gasteiger partial charge in [0.05, 0.1) is 12.2 Å². The number of thiocarbonyl (C=S) groups is 1. The van der Waals surface area contributed by atoms with Crippen molar-refractivity contribution in [2.45, 2.75) is 12.8 Å². The lowest BCUT2D eigenvalue weighted by atomic mass is 10.1. The molecule has 0 aliphatic carbocycles. The van der Waals surface area contributed by atoms with Crippen LogP contribution in [0.25, 0.3) is 0 Å². The zero-order chi connectivity index (χ0) is 22.6. The standard InChI is InChI=1S/C22H26BrN3O4S/c1-29-13-14-30-19-8-7-17(23)15-18(19)21(28)25-22(31)26(12-10-20(24)27)11-9-16-5-3-2-4-6-16/h2-8,15H,9-14H2,1H3,(H2,24,27)(H,25,28,31). The van der Waals surface area contributed by atoms with Crippen molar-refractivity contribution in [2.24, 2.45) is 5.73 Å². The number of rotatable bonds is 11. The predicted molar refractivity (Wildman–Crippen MR) is 127 cm³/mol. The number of benzene rings is 2. The topological polar surface area (TPSA) is 93.9 Å². The molecule has 7 nitrogen and oxygen atoms in total. The molecular formula is C22H26BrN3O4S. The number of nitrogens with zero attached hydrogens (tertiary/aromatic N) is 1. The monoisotopic (exact) mass is 507 g/mol. The molecule has 31 heavy (non-hydrogen) atoms. The fourth-order valence-corrected chi connectivity index (χ4v) is 3.39. The van der Waals surface area contributed by atoms with Crippen LogP contribution in [0, 0.1) is 0 Å². The number of amides is 2. The molecule has 0 unspecified atom stereocenters. The molecule has 0 aliphatic rings. The van der Waals surface area contributed by atoms with Gasteiger partial charge in [0.2, 0.25) is 5.91 Å². The minimum absolute atomic E-state index is 0.132. The molecule has 0 radical (unpaired) electrons. The van der Waals surface area contributed by atoms with E-state index in [1.165, 1.54) is 0 Å². The molecule has 166 valence electrons. The number of halogens is 1. The molecule has 0 bridgehead atoms. The van der Waals surface area contributed by atoms with Gasteiger partial charge in [-0.2, -0.15) is 0 Å². The van der Waals surface area contributed by atoms with Gasteiger partial charge in [0.25, 0.3) is 5.91 Å². The fraction of sp³-hybridized carbons (Fsp3) is 0.318. The smallest absolute Gasteiger partial charge is 0.261 e. The average molecular weight is 508 g/mol. The highest BCUT2D eigenvalue weighted by atomic mass is 79.9. The Morgan fingerprint density at radius 3 is 2.55 bits per heavy atom. The molecule has 0 atom stereocenters. The number of hydrogen-bond acceptors (Lipinski definition) is 5. The van der Waals surface area contributed by atoms with Gasteiger partial charge < -0.3 is 20.1 Å². The van der Waals surface area contributed by atoms with Crippen molar-refractivity contribution in [1.29, 1.82) is 0 Å². The van der Waals surface area contributed by atoms with E-state index < -0.39 is 11.8 Å². The molecule has 2 aromatic carbocycles. The van der Waals surface area contributed by atoms with Gasteiger partial charge >= 0.3 is 0 Å². The van der Waals surface area contributed by atoms with Crippen LogP contribution in [0.4, 0.5) is 0 Å². The van der Waals surface area contributed by atoms with Crippen molar-refractivity contribution in [2.75, 3.05) is 33.4 Å². The molecule has 2 amide bonds. The first-order chi connectivity index (χ1) is 14.9. The van der Waals surface area contributed by atoms with Crippen molar-refractivity contribution in [3.05, 3.63) is 64.1 Å². The van der Waals surface area contributed by atoms with Crippen LogP contribution in [0.5, 0.6) is 5.75 Å². The lowest BCUT2D eigenvalue weighted by Crippen LogP contribution is -2.44. The molecule has 3 N–H and O–H groups in total. The van der Waals surface area contributed by atoms with Crippen LogP contribution in [0.15, 0.2) is 53.0 Å². The Labute approximate surface area is 196 Å². The molecule has 2 rings (SSSR count). The van der Waals surface area contributed by atoms with E-state index in [1.54, 1.807) is 30.2 Å². The Kier molecular flexibility index (Phi) is 10.4. The van der Waals surface area contributed by atoms with Gasteiger partial charge in [0, 0.05) is 31.1 Å². The molecule has 0 heterocycles. The summed E-state index contributed by atoms with van der Waals surface area (Å²) < 4.78 is 11.4. The summed E-state index contributed by atoms with van der Waals surface area (Å²) in [5, 5.41) is 2.98. The Balaban J connectivity index is 2.09. The second-order valence-corrected chi connectivity index (χ2v) is 7.98. The maximum atomic E-state index is 12.9. The van der Waals surface area contributed by atoms with E-state index in [0.29, 0.717) is 44.0 Å². The summed E-state index contributed by atoms with van der Waals surface area (Å²) in [4.78, 5) is 26.0. The predicted octanol–water partition coefficient (Wildman–Crippen LogP) is 2.91. The van der Waals surface area contributed by atoms with Gasteiger partial charge in [-0.15, -0.1) is 0 Å². The second kappa shape index (κ2) is 13.0. The maximum absolute atomic E-state index is 12.9. The van der Waals surface area contributed by atoms with E-state index in [4.69, 9.17) is 27.4 Å². The van der Waals surface area contributed by atoms with Gasteiger partial charge in [0.1, 0.15) is 12.4 Å². The summed E-state index contributed by atoms with van der Waals surface area (Å²) in [6.45, 7) is 1.56. The van der Waals surface area contributed by atoms with Gasteiger partial charge in [-0.05, 0) is 42.4 Å². The number of ether oxygens (including phenoxy) is 2. The van der Waals surface area contributed by atoms with Crippen LogP contribution in [0.3, 0.4) is 0 Å². The number of methoxy groups -OCH3 is 1. The third-order valence-corrected chi connectivity index (χ3v) is 5.23. The third-order valence-electron chi connectivity index (χ3n) is 4.38. The van der Waals surface area contributed by atoms with E-state index in [0.717, 1.165) is 10.0 Å². The van der Waals surface area contributed by atoms with Crippen LogP contribution in [0.2, 0.25) is 0 Å². The maximum Gasteiger partial charge on any atom is 0.261 e. The van der Waals surface area contributed by atoms with Crippen LogP contribution in [0.1, 0.15) is 22.3 Å². The molecule has 0 spiro atoms. The molecule has 0 saturated carbocycles. The highest BCUT2D eigenvalue weighted by Gasteiger charge is 2.18. The highest BCUT2D eigenvalue weighted by molar-refractivity contribution is 9.10. The zero-order valence-corrected chi connectivity index (χ0v) is 19.7. The summed E-state index contributed by atoms with van der Waals surface area (Å²) in [5.74, 6) is -0.407. The van der Waals surface area contributed by atoms with E-state index >= 15 is 0 Å². The average Bonchev–Trinajstić information content (AvgIpc) is 2.75. The van der Waals surface area contributed by atoms with Crippen molar-refractivity contribution >= 4 is 45.1 Å². The first-order valence-electron chi connectivity index (χ1n) is 9.74. The molecule has 0 aromatic heterocycles. The number of nitrogens with one attached hydrogen (secondary N) is 1. The third kappa shape index (κ3) is 8.64. The first kappa shape index (κ1) is 24.8. The summed E-state index contributed by atoms with van der Waals surface area (Å²) in [6.07, 6.45) is 0.838. The van der Waals surface area contributed by atoms with Gasteiger partial charge in [-0.3, -0.25) is 14.9 Å². The fourth-order valence-electron chi connectivity index (χ4n) is 2.75. The largest absolute Gasteiger partial charge is 0.490 e. The molecule has 0 fully saturated rings. The summed E-state index contributed by atoms with van der Waals surface area (Å²) in [5.41, 5.74) is 6.77. The van der Waals surface area contributed by atoms with E-state index in [1.807, 2.05) is 30.3 Å². The minimum atomic E-state index is -0.431.